The number of carbonyl (C=O) groups is 1. The van der Waals surface area contributed by atoms with Gasteiger partial charge in [0.1, 0.15) is 5.75 Å². The molecule has 2 heterocycles. The van der Waals surface area contributed by atoms with Gasteiger partial charge in [0.2, 0.25) is 0 Å². The number of nitrogens with zero attached hydrogens (tertiary/aromatic N) is 4. The number of hydrogen-bond donors (Lipinski definition) is 0. The summed E-state index contributed by atoms with van der Waals surface area (Å²) in [6.45, 7) is 7.50. The number of halogens is 2. The molecule has 2 aromatic heterocycles. The van der Waals surface area contributed by atoms with Gasteiger partial charge in [0.25, 0.3) is 5.91 Å². The van der Waals surface area contributed by atoms with Gasteiger partial charge in [0, 0.05) is 25.5 Å². The number of rotatable bonds is 9. The van der Waals surface area contributed by atoms with Crippen molar-refractivity contribution in [3.63, 3.8) is 0 Å². The van der Waals surface area contributed by atoms with E-state index < -0.39 is 0 Å². The minimum absolute atomic E-state index is 0. The minimum Gasteiger partial charge on any atom is -0.484 e. The molecule has 4 aromatic rings. The fraction of sp³-hybridized carbons (Fsp3) is 0.320. The lowest BCUT2D eigenvalue weighted by molar-refractivity contribution is -0.120. The van der Waals surface area contributed by atoms with Gasteiger partial charge >= 0.3 is 0 Å². The number of aryl methyl sites for hydroxylation is 2. The van der Waals surface area contributed by atoms with E-state index in [1.807, 2.05) is 54.1 Å². The maximum absolute atomic E-state index is 13.2. The van der Waals surface area contributed by atoms with Crippen LogP contribution in [0.1, 0.15) is 37.3 Å². The van der Waals surface area contributed by atoms with Gasteiger partial charge in [-0.3, -0.25) is 9.69 Å². The van der Waals surface area contributed by atoms with Crippen molar-refractivity contribution in [2.75, 3.05) is 18.1 Å². The molecule has 0 aliphatic rings. The van der Waals surface area contributed by atoms with Crippen molar-refractivity contribution in [3.8, 4) is 5.75 Å². The summed E-state index contributed by atoms with van der Waals surface area (Å²) < 4.78 is 8.71. The SMILES string of the molecule is Cc1ccc(Cl)c2sc(N(CCCn3ccnc3)C(=O)COc3ccc(C(C)C)cc3)nc12.Cl. The van der Waals surface area contributed by atoms with Gasteiger partial charge < -0.3 is 9.30 Å². The van der Waals surface area contributed by atoms with E-state index >= 15 is 0 Å². The summed E-state index contributed by atoms with van der Waals surface area (Å²) in [5.41, 5.74) is 3.10. The van der Waals surface area contributed by atoms with E-state index in [1.165, 1.54) is 16.9 Å². The van der Waals surface area contributed by atoms with E-state index in [0.29, 0.717) is 28.4 Å². The Labute approximate surface area is 215 Å². The Morgan fingerprint density at radius 3 is 2.62 bits per heavy atom. The third-order valence-corrected chi connectivity index (χ3v) is 7.02. The van der Waals surface area contributed by atoms with E-state index in [4.69, 9.17) is 21.3 Å². The van der Waals surface area contributed by atoms with Gasteiger partial charge in [0.15, 0.2) is 11.7 Å². The lowest BCUT2D eigenvalue weighted by atomic mass is 10.0. The number of thiazole rings is 1. The van der Waals surface area contributed by atoms with Crippen LogP contribution in [0, 0.1) is 6.92 Å². The molecule has 9 heteroatoms. The number of anilines is 1. The van der Waals surface area contributed by atoms with Crippen molar-refractivity contribution in [2.24, 2.45) is 0 Å². The first kappa shape index (κ1) is 26.0. The Morgan fingerprint density at radius 1 is 1.21 bits per heavy atom. The highest BCUT2D eigenvalue weighted by Gasteiger charge is 2.21. The average Bonchev–Trinajstić information content (AvgIpc) is 3.49. The summed E-state index contributed by atoms with van der Waals surface area (Å²) in [6.07, 6.45) is 6.20. The largest absolute Gasteiger partial charge is 0.484 e. The summed E-state index contributed by atoms with van der Waals surface area (Å²) in [5, 5.41) is 1.28. The maximum atomic E-state index is 13.2. The molecular weight excluding hydrogens is 491 g/mol. The monoisotopic (exact) mass is 518 g/mol. The second-order valence-corrected chi connectivity index (χ2v) is 9.64. The van der Waals surface area contributed by atoms with Crippen molar-refractivity contribution < 1.29 is 9.53 Å². The van der Waals surface area contributed by atoms with E-state index in [2.05, 4.69) is 18.8 Å². The topological polar surface area (TPSA) is 60.2 Å². The molecule has 0 saturated carbocycles. The first-order valence-corrected chi connectivity index (χ1v) is 12.2. The van der Waals surface area contributed by atoms with Crippen LogP contribution in [0.3, 0.4) is 0 Å². The van der Waals surface area contributed by atoms with E-state index in [-0.39, 0.29) is 24.9 Å². The van der Waals surface area contributed by atoms with E-state index in [1.54, 1.807) is 17.4 Å². The minimum atomic E-state index is -0.138. The smallest absolute Gasteiger partial charge is 0.266 e. The van der Waals surface area contributed by atoms with Gasteiger partial charge in [-0.2, -0.15) is 0 Å². The van der Waals surface area contributed by atoms with Crippen LogP contribution >= 0.6 is 35.3 Å². The van der Waals surface area contributed by atoms with Crippen LogP contribution in [0.25, 0.3) is 10.2 Å². The lowest BCUT2D eigenvalue weighted by Crippen LogP contribution is -2.36. The number of aromatic nitrogens is 3. The van der Waals surface area contributed by atoms with Crippen molar-refractivity contribution >= 4 is 56.6 Å². The summed E-state index contributed by atoms with van der Waals surface area (Å²) in [7, 11) is 0. The summed E-state index contributed by atoms with van der Waals surface area (Å²) >= 11 is 7.84. The van der Waals surface area contributed by atoms with E-state index in [0.717, 1.165) is 28.7 Å². The highest BCUT2D eigenvalue weighted by atomic mass is 35.5. The first-order valence-electron chi connectivity index (χ1n) is 11.0. The van der Waals surface area contributed by atoms with Crippen molar-refractivity contribution in [3.05, 3.63) is 71.3 Å². The molecule has 1 amide bonds. The standard InChI is InChI=1S/C25H27ClN4O2S.ClH/c1-17(2)19-6-8-20(9-7-19)32-15-22(31)30(13-4-12-29-14-11-27-16-29)25-28-23-18(3)5-10-21(26)24(23)33-25;/h5-11,14,16-17H,4,12-13,15H2,1-3H3;1H. The Kier molecular flexibility index (Phi) is 8.94. The van der Waals surface area contributed by atoms with Crippen LogP contribution in [0.15, 0.2) is 55.1 Å². The van der Waals surface area contributed by atoms with Crippen molar-refractivity contribution in [2.45, 2.75) is 39.7 Å². The molecule has 34 heavy (non-hydrogen) atoms. The zero-order valence-corrected chi connectivity index (χ0v) is 21.8. The molecule has 0 unspecified atom stereocenters. The molecule has 0 fully saturated rings. The summed E-state index contributed by atoms with van der Waals surface area (Å²) in [5.74, 6) is 0.983. The average molecular weight is 519 g/mol. The molecule has 0 radical (unpaired) electrons. The van der Waals surface area contributed by atoms with Crippen LogP contribution in [0.2, 0.25) is 5.02 Å². The molecule has 0 spiro atoms. The Bertz CT molecular complexity index is 1180. The summed E-state index contributed by atoms with van der Waals surface area (Å²) in [6, 6.07) is 11.7. The number of benzene rings is 2. The zero-order chi connectivity index (χ0) is 23.4. The van der Waals surface area contributed by atoms with Gasteiger partial charge in [-0.05, 0) is 48.6 Å². The Balaban J connectivity index is 0.00000324. The van der Waals surface area contributed by atoms with Crippen LogP contribution in [-0.2, 0) is 11.3 Å². The Hall–Kier alpha value is -2.61. The molecule has 0 bridgehead atoms. The number of fused-ring (bicyclic) bond motifs is 1. The van der Waals surface area contributed by atoms with Gasteiger partial charge in [0.05, 0.1) is 21.6 Å². The molecule has 0 N–H and O–H groups in total. The number of amides is 1. The number of carbonyl (C=O) groups excluding carboxylic acids is 1. The second kappa shape index (κ2) is 11.7. The van der Waals surface area contributed by atoms with Crippen LogP contribution in [0.5, 0.6) is 5.75 Å². The first-order chi connectivity index (χ1) is 15.9. The van der Waals surface area contributed by atoms with Crippen LogP contribution < -0.4 is 9.64 Å². The zero-order valence-electron chi connectivity index (χ0n) is 19.4. The fourth-order valence-corrected chi connectivity index (χ4v) is 4.90. The molecular formula is C25H28Cl2N4O2S. The molecule has 0 saturated heterocycles. The lowest BCUT2D eigenvalue weighted by Gasteiger charge is -2.20. The van der Waals surface area contributed by atoms with Crippen LogP contribution in [0.4, 0.5) is 5.13 Å². The Morgan fingerprint density at radius 2 is 1.97 bits per heavy atom. The third kappa shape index (κ3) is 6.09. The number of ether oxygens (including phenoxy) is 1. The molecule has 4 rings (SSSR count). The third-order valence-electron chi connectivity index (χ3n) is 5.48. The quantitative estimate of drug-likeness (QED) is 0.253. The molecule has 6 nitrogen and oxygen atoms in total. The predicted octanol–water partition coefficient (Wildman–Crippen LogP) is 6.50. The maximum Gasteiger partial charge on any atom is 0.266 e. The number of hydrogen-bond acceptors (Lipinski definition) is 5. The fourth-order valence-electron chi connectivity index (χ4n) is 3.54. The highest BCUT2D eigenvalue weighted by Crippen LogP contribution is 2.35. The molecule has 180 valence electrons. The van der Waals surface area contributed by atoms with Crippen LogP contribution in [-0.4, -0.2) is 33.6 Å². The molecule has 0 aliphatic carbocycles. The van der Waals surface area contributed by atoms with Gasteiger partial charge in [-0.1, -0.05) is 55.0 Å². The second-order valence-electron chi connectivity index (χ2n) is 8.25. The summed E-state index contributed by atoms with van der Waals surface area (Å²) in [4.78, 5) is 23.8. The van der Waals surface area contributed by atoms with Crippen molar-refractivity contribution in [1.29, 1.82) is 0 Å². The normalized spacial score (nSPS) is 11.0. The van der Waals surface area contributed by atoms with Gasteiger partial charge in [-0.25, -0.2) is 9.97 Å². The molecule has 2 aromatic carbocycles. The van der Waals surface area contributed by atoms with Gasteiger partial charge in [-0.15, -0.1) is 12.4 Å². The van der Waals surface area contributed by atoms with E-state index in [9.17, 15) is 4.79 Å². The highest BCUT2D eigenvalue weighted by molar-refractivity contribution is 7.23. The molecule has 0 atom stereocenters. The molecule has 0 aliphatic heterocycles. The predicted molar refractivity (Wildman–Crippen MR) is 142 cm³/mol. The number of imidazole rings is 1. The van der Waals surface area contributed by atoms with Crippen molar-refractivity contribution in [1.82, 2.24) is 14.5 Å².